The van der Waals surface area contributed by atoms with E-state index in [9.17, 15) is 14.7 Å². The molecule has 1 aromatic rings. The van der Waals surface area contributed by atoms with E-state index in [-0.39, 0.29) is 11.8 Å². The van der Waals surface area contributed by atoms with Gasteiger partial charge in [0.15, 0.2) is 0 Å². The summed E-state index contributed by atoms with van der Waals surface area (Å²) in [4.78, 5) is 25.0. The fraction of sp³-hybridized carbons (Fsp3) is 0.429. The summed E-state index contributed by atoms with van der Waals surface area (Å²) in [6.07, 6.45) is 0.699. The van der Waals surface area contributed by atoms with Crippen molar-refractivity contribution in [1.82, 2.24) is 4.90 Å². The first-order valence-corrected chi connectivity index (χ1v) is 6.36. The molecule has 1 aromatic carbocycles. The molecule has 1 amide bonds. The van der Waals surface area contributed by atoms with Crippen LogP contribution in [-0.4, -0.2) is 34.5 Å². The molecule has 1 fully saturated rings. The molecular weight excluding hydrogens is 244 g/mol. The fourth-order valence-corrected chi connectivity index (χ4v) is 2.55. The van der Waals surface area contributed by atoms with E-state index in [1.165, 1.54) is 4.90 Å². The number of carboxylic acids is 1. The molecule has 2 unspecified atom stereocenters. The monoisotopic (exact) mass is 262 g/mol. The first-order valence-electron chi connectivity index (χ1n) is 6.36. The SMILES string of the molecule is CC1CCN(C(=O)[C@H](N)c2ccccc2)C1C(=O)O. The Hall–Kier alpha value is -1.88. The number of nitrogens with zero attached hydrogens (tertiary/aromatic N) is 1. The van der Waals surface area contributed by atoms with Crippen LogP contribution in [0.1, 0.15) is 24.9 Å². The molecule has 3 N–H and O–H groups in total. The molecule has 2 rings (SSSR count). The van der Waals surface area contributed by atoms with Gasteiger partial charge in [-0.1, -0.05) is 37.3 Å². The Labute approximate surface area is 112 Å². The molecule has 5 heteroatoms. The molecule has 1 aliphatic rings. The molecule has 1 aliphatic heterocycles. The van der Waals surface area contributed by atoms with Crippen LogP contribution in [-0.2, 0) is 9.59 Å². The number of hydrogen-bond acceptors (Lipinski definition) is 3. The highest BCUT2D eigenvalue weighted by Gasteiger charge is 2.41. The first kappa shape index (κ1) is 13.5. The number of carboxylic acid groups (broad SMARTS) is 1. The molecule has 102 valence electrons. The van der Waals surface area contributed by atoms with E-state index in [0.717, 1.165) is 0 Å². The van der Waals surface area contributed by atoms with Gasteiger partial charge in [-0.25, -0.2) is 4.79 Å². The second-order valence-corrected chi connectivity index (χ2v) is 4.97. The summed E-state index contributed by atoms with van der Waals surface area (Å²) >= 11 is 0. The molecule has 19 heavy (non-hydrogen) atoms. The van der Waals surface area contributed by atoms with Gasteiger partial charge in [0.25, 0.3) is 0 Å². The van der Waals surface area contributed by atoms with Crippen molar-refractivity contribution in [3.05, 3.63) is 35.9 Å². The van der Waals surface area contributed by atoms with E-state index >= 15 is 0 Å². The quantitative estimate of drug-likeness (QED) is 0.851. The van der Waals surface area contributed by atoms with E-state index in [4.69, 9.17) is 5.73 Å². The zero-order valence-corrected chi connectivity index (χ0v) is 10.8. The second kappa shape index (κ2) is 5.40. The van der Waals surface area contributed by atoms with Gasteiger partial charge >= 0.3 is 5.97 Å². The summed E-state index contributed by atoms with van der Waals surface area (Å²) in [6.45, 7) is 2.30. The number of hydrogen-bond donors (Lipinski definition) is 2. The zero-order valence-electron chi connectivity index (χ0n) is 10.8. The molecule has 3 atom stereocenters. The minimum atomic E-state index is -0.960. The van der Waals surface area contributed by atoms with Crippen LogP contribution in [0.2, 0.25) is 0 Å². The zero-order chi connectivity index (χ0) is 14.0. The lowest BCUT2D eigenvalue weighted by atomic mass is 10.0. The third kappa shape index (κ3) is 2.61. The molecule has 0 radical (unpaired) electrons. The van der Waals surface area contributed by atoms with Crippen molar-refractivity contribution in [2.24, 2.45) is 11.7 Å². The number of benzene rings is 1. The Morgan fingerprint density at radius 1 is 1.37 bits per heavy atom. The van der Waals surface area contributed by atoms with Gasteiger partial charge < -0.3 is 15.7 Å². The number of aliphatic carboxylic acids is 1. The average Bonchev–Trinajstić information content (AvgIpc) is 2.80. The molecule has 0 bridgehead atoms. The normalized spacial score (nSPS) is 24.2. The molecule has 0 spiro atoms. The summed E-state index contributed by atoms with van der Waals surface area (Å²) in [7, 11) is 0. The van der Waals surface area contributed by atoms with Crippen molar-refractivity contribution in [3.63, 3.8) is 0 Å². The summed E-state index contributed by atoms with van der Waals surface area (Å²) in [6, 6.07) is 7.46. The maximum atomic E-state index is 12.3. The first-order chi connectivity index (χ1) is 9.02. The van der Waals surface area contributed by atoms with Gasteiger partial charge in [0.2, 0.25) is 5.91 Å². The van der Waals surface area contributed by atoms with Crippen molar-refractivity contribution in [2.75, 3.05) is 6.54 Å². The molecule has 0 aromatic heterocycles. The van der Waals surface area contributed by atoms with E-state index in [1.807, 2.05) is 25.1 Å². The average molecular weight is 262 g/mol. The van der Waals surface area contributed by atoms with Crippen molar-refractivity contribution in [2.45, 2.75) is 25.4 Å². The van der Waals surface area contributed by atoms with E-state index in [2.05, 4.69) is 0 Å². The molecule has 0 aliphatic carbocycles. The van der Waals surface area contributed by atoms with Crippen molar-refractivity contribution < 1.29 is 14.7 Å². The third-order valence-electron chi connectivity index (χ3n) is 3.66. The smallest absolute Gasteiger partial charge is 0.326 e. The predicted octanol–water partition coefficient (Wildman–Crippen LogP) is 1.01. The maximum Gasteiger partial charge on any atom is 0.326 e. The molecule has 1 heterocycles. The van der Waals surface area contributed by atoms with Gasteiger partial charge in [-0.05, 0) is 17.9 Å². The van der Waals surface area contributed by atoms with Crippen LogP contribution in [0.4, 0.5) is 0 Å². The minimum Gasteiger partial charge on any atom is -0.480 e. The Morgan fingerprint density at radius 2 is 2.00 bits per heavy atom. The van der Waals surface area contributed by atoms with Crippen molar-refractivity contribution >= 4 is 11.9 Å². The van der Waals surface area contributed by atoms with Crippen LogP contribution in [0.3, 0.4) is 0 Å². The number of nitrogens with two attached hydrogens (primary N) is 1. The summed E-state index contributed by atoms with van der Waals surface area (Å²) in [5.74, 6) is -1.31. The van der Waals surface area contributed by atoms with Gasteiger partial charge in [-0.2, -0.15) is 0 Å². The highest BCUT2D eigenvalue weighted by Crippen LogP contribution is 2.27. The van der Waals surface area contributed by atoms with Crippen LogP contribution in [0.15, 0.2) is 30.3 Å². The van der Waals surface area contributed by atoms with Crippen molar-refractivity contribution in [3.8, 4) is 0 Å². The van der Waals surface area contributed by atoms with Gasteiger partial charge in [-0.3, -0.25) is 4.79 Å². The van der Waals surface area contributed by atoms with Crippen LogP contribution >= 0.6 is 0 Å². The summed E-state index contributed by atoms with van der Waals surface area (Å²) in [5.41, 5.74) is 6.65. The Bertz CT molecular complexity index is 475. The lowest BCUT2D eigenvalue weighted by Gasteiger charge is -2.26. The molecule has 0 saturated carbocycles. The van der Waals surface area contributed by atoms with Gasteiger partial charge in [0, 0.05) is 6.54 Å². The van der Waals surface area contributed by atoms with E-state index in [1.54, 1.807) is 12.1 Å². The molecule has 1 saturated heterocycles. The largest absolute Gasteiger partial charge is 0.480 e. The van der Waals surface area contributed by atoms with E-state index in [0.29, 0.717) is 18.5 Å². The topological polar surface area (TPSA) is 83.6 Å². The van der Waals surface area contributed by atoms with Crippen LogP contribution in [0, 0.1) is 5.92 Å². The Kier molecular flexibility index (Phi) is 3.85. The Balaban J connectivity index is 2.18. The van der Waals surface area contributed by atoms with Crippen LogP contribution < -0.4 is 5.73 Å². The van der Waals surface area contributed by atoms with E-state index < -0.39 is 18.1 Å². The van der Waals surface area contributed by atoms with Crippen LogP contribution in [0.5, 0.6) is 0 Å². The summed E-state index contributed by atoms with van der Waals surface area (Å²) in [5, 5.41) is 9.22. The highest BCUT2D eigenvalue weighted by molar-refractivity contribution is 5.88. The van der Waals surface area contributed by atoms with Gasteiger partial charge in [-0.15, -0.1) is 0 Å². The Morgan fingerprint density at radius 3 is 2.58 bits per heavy atom. The number of likely N-dealkylation sites (tertiary alicyclic amines) is 1. The predicted molar refractivity (Wildman–Crippen MR) is 70.3 cm³/mol. The number of carbonyl (C=O) groups excluding carboxylic acids is 1. The van der Waals surface area contributed by atoms with Gasteiger partial charge in [0.05, 0.1) is 0 Å². The standard InChI is InChI=1S/C14H18N2O3/c1-9-7-8-16(12(9)14(18)19)13(17)11(15)10-5-3-2-4-6-10/h2-6,9,11-12H,7-8,15H2,1H3,(H,18,19)/t9?,11-,12?/m1/s1. The van der Waals surface area contributed by atoms with Gasteiger partial charge in [0.1, 0.15) is 12.1 Å². The molecular formula is C14H18N2O3. The molecule has 5 nitrogen and oxygen atoms in total. The van der Waals surface area contributed by atoms with Crippen LogP contribution in [0.25, 0.3) is 0 Å². The minimum absolute atomic E-state index is 0.0376. The highest BCUT2D eigenvalue weighted by atomic mass is 16.4. The lowest BCUT2D eigenvalue weighted by Crippen LogP contribution is -2.46. The summed E-state index contributed by atoms with van der Waals surface area (Å²) < 4.78 is 0. The number of rotatable bonds is 3. The lowest BCUT2D eigenvalue weighted by molar-refractivity contribution is -0.149. The number of amides is 1. The third-order valence-corrected chi connectivity index (χ3v) is 3.66. The maximum absolute atomic E-state index is 12.3. The number of carbonyl (C=O) groups is 2. The second-order valence-electron chi connectivity index (χ2n) is 4.97. The van der Waals surface area contributed by atoms with Crippen molar-refractivity contribution in [1.29, 1.82) is 0 Å². The fourth-order valence-electron chi connectivity index (χ4n) is 2.55.